The second kappa shape index (κ2) is 5.80. The van der Waals surface area contributed by atoms with Crippen LogP contribution in [0, 0.1) is 0 Å². The molecule has 0 aliphatic heterocycles. The lowest BCUT2D eigenvalue weighted by Crippen LogP contribution is -2.24. The minimum Gasteiger partial charge on any atom is -0.434 e. The van der Waals surface area contributed by atoms with Gasteiger partial charge in [0.2, 0.25) is 0 Å². The van der Waals surface area contributed by atoms with E-state index in [9.17, 15) is 4.79 Å². The molecular weight excluding hydrogens is 170 g/mol. The van der Waals surface area contributed by atoms with E-state index < -0.39 is 11.8 Å². The van der Waals surface area contributed by atoms with E-state index in [1.807, 2.05) is 0 Å². The molecule has 0 bridgehead atoms. The standard InChI is InChI=1S/C9H19NO3/c1-9(2,3)13-8(11)12-7-5-4-6-10/h4-7,10H2,1-3H3. The molecule has 0 aromatic heterocycles. The molecule has 0 aliphatic rings. The fourth-order valence-corrected chi connectivity index (χ4v) is 0.681. The van der Waals surface area contributed by atoms with E-state index in [1.165, 1.54) is 0 Å². The summed E-state index contributed by atoms with van der Waals surface area (Å²) in [4.78, 5) is 10.9. The van der Waals surface area contributed by atoms with Crippen molar-refractivity contribution in [2.24, 2.45) is 5.73 Å². The van der Waals surface area contributed by atoms with E-state index in [1.54, 1.807) is 20.8 Å². The first kappa shape index (κ1) is 12.2. The molecule has 4 nitrogen and oxygen atoms in total. The Labute approximate surface area is 79.4 Å². The molecule has 0 heterocycles. The Balaban J connectivity index is 3.41. The zero-order chi connectivity index (χ0) is 10.3. The molecule has 0 aliphatic carbocycles. The topological polar surface area (TPSA) is 61.5 Å². The Kier molecular flexibility index (Phi) is 5.46. The van der Waals surface area contributed by atoms with Gasteiger partial charge < -0.3 is 15.2 Å². The molecule has 0 aromatic rings. The molecule has 0 fully saturated rings. The average molecular weight is 189 g/mol. The van der Waals surface area contributed by atoms with Gasteiger partial charge in [-0.3, -0.25) is 0 Å². The maximum atomic E-state index is 10.9. The molecule has 13 heavy (non-hydrogen) atoms. The first-order chi connectivity index (χ1) is 5.95. The molecule has 78 valence electrons. The van der Waals surface area contributed by atoms with Crippen LogP contribution < -0.4 is 5.73 Å². The van der Waals surface area contributed by atoms with Gasteiger partial charge in [-0.1, -0.05) is 0 Å². The zero-order valence-corrected chi connectivity index (χ0v) is 8.63. The first-order valence-corrected chi connectivity index (χ1v) is 4.51. The molecule has 0 unspecified atom stereocenters. The summed E-state index contributed by atoms with van der Waals surface area (Å²) in [5.74, 6) is 0. The molecule has 0 amide bonds. The minimum absolute atomic E-state index is 0.381. The number of hydrogen-bond donors (Lipinski definition) is 1. The average Bonchev–Trinajstić information content (AvgIpc) is 1.94. The van der Waals surface area contributed by atoms with Crippen molar-refractivity contribution < 1.29 is 14.3 Å². The molecular formula is C9H19NO3. The minimum atomic E-state index is -0.607. The second-order valence-electron chi connectivity index (χ2n) is 3.81. The van der Waals surface area contributed by atoms with Gasteiger partial charge in [-0.25, -0.2) is 4.79 Å². The van der Waals surface area contributed by atoms with Gasteiger partial charge in [0.25, 0.3) is 0 Å². The highest BCUT2D eigenvalue weighted by atomic mass is 16.7. The van der Waals surface area contributed by atoms with E-state index in [-0.39, 0.29) is 0 Å². The van der Waals surface area contributed by atoms with Crippen LogP contribution in [0.4, 0.5) is 4.79 Å². The zero-order valence-electron chi connectivity index (χ0n) is 8.63. The number of ether oxygens (including phenoxy) is 2. The van der Waals surface area contributed by atoms with Crippen molar-refractivity contribution in [3.8, 4) is 0 Å². The Bertz CT molecular complexity index is 151. The number of carbonyl (C=O) groups excluding carboxylic acids is 1. The Morgan fingerprint density at radius 2 is 1.92 bits per heavy atom. The fraction of sp³-hybridized carbons (Fsp3) is 0.889. The molecule has 0 atom stereocenters. The number of carbonyl (C=O) groups is 1. The smallest absolute Gasteiger partial charge is 0.434 e. The summed E-state index contributed by atoms with van der Waals surface area (Å²) >= 11 is 0. The molecule has 2 N–H and O–H groups in total. The lowest BCUT2D eigenvalue weighted by molar-refractivity contribution is -0.00759. The van der Waals surface area contributed by atoms with Crippen LogP contribution in [0.25, 0.3) is 0 Å². The monoisotopic (exact) mass is 189 g/mol. The summed E-state index contributed by atoms with van der Waals surface area (Å²) in [6.45, 7) is 6.40. The third-order valence-corrected chi connectivity index (χ3v) is 1.21. The number of unbranched alkanes of at least 4 members (excludes halogenated alkanes) is 1. The predicted octanol–water partition coefficient (Wildman–Crippen LogP) is 1.68. The van der Waals surface area contributed by atoms with Crippen LogP contribution in [-0.2, 0) is 9.47 Å². The summed E-state index contributed by atoms with van der Waals surface area (Å²) in [6, 6.07) is 0. The lowest BCUT2D eigenvalue weighted by atomic mass is 10.2. The van der Waals surface area contributed by atoms with Gasteiger partial charge in [0, 0.05) is 0 Å². The summed E-state index contributed by atoms with van der Waals surface area (Å²) in [6.07, 6.45) is 1.04. The van der Waals surface area contributed by atoms with Gasteiger partial charge in [-0.15, -0.1) is 0 Å². The molecule has 0 aromatic carbocycles. The molecule has 4 heteroatoms. The molecule has 0 saturated heterocycles. The number of hydrogen-bond acceptors (Lipinski definition) is 4. The van der Waals surface area contributed by atoms with E-state index >= 15 is 0 Å². The van der Waals surface area contributed by atoms with Crippen molar-refractivity contribution in [3.05, 3.63) is 0 Å². The summed E-state index contributed by atoms with van der Waals surface area (Å²) in [5.41, 5.74) is 4.79. The van der Waals surface area contributed by atoms with Crippen LogP contribution in [0.15, 0.2) is 0 Å². The predicted molar refractivity (Wildman–Crippen MR) is 50.5 cm³/mol. The summed E-state index contributed by atoms with van der Waals surface area (Å²) in [5, 5.41) is 0. The highest BCUT2D eigenvalue weighted by Crippen LogP contribution is 2.08. The highest BCUT2D eigenvalue weighted by molar-refractivity contribution is 5.60. The van der Waals surface area contributed by atoms with Crippen LogP contribution in [-0.4, -0.2) is 24.9 Å². The van der Waals surface area contributed by atoms with E-state index in [0.717, 1.165) is 12.8 Å². The van der Waals surface area contributed by atoms with Crippen molar-refractivity contribution in [1.82, 2.24) is 0 Å². The Morgan fingerprint density at radius 1 is 1.31 bits per heavy atom. The van der Waals surface area contributed by atoms with Crippen molar-refractivity contribution in [2.75, 3.05) is 13.2 Å². The highest BCUT2D eigenvalue weighted by Gasteiger charge is 2.16. The van der Waals surface area contributed by atoms with Crippen molar-refractivity contribution >= 4 is 6.16 Å². The van der Waals surface area contributed by atoms with E-state index in [2.05, 4.69) is 0 Å². The van der Waals surface area contributed by atoms with Gasteiger partial charge in [0.05, 0.1) is 6.61 Å². The maximum absolute atomic E-state index is 10.9. The largest absolute Gasteiger partial charge is 0.508 e. The fourth-order valence-electron chi connectivity index (χ4n) is 0.681. The number of nitrogens with two attached hydrogens (primary N) is 1. The van der Waals surface area contributed by atoms with Gasteiger partial charge in [-0.2, -0.15) is 0 Å². The molecule has 0 radical (unpaired) electrons. The summed E-state index contributed by atoms with van der Waals surface area (Å²) < 4.78 is 9.73. The van der Waals surface area contributed by atoms with Gasteiger partial charge >= 0.3 is 6.16 Å². The maximum Gasteiger partial charge on any atom is 0.508 e. The van der Waals surface area contributed by atoms with Gasteiger partial charge in [-0.05, 0) is 40.2 Å². The molecule has 0 rings (SSSR count). The Hall–Kier alpha value is -0.770. The normalized spacial score (nSPS) is 11.1. The van der Waals surface area contributed by atoms with Crippen LogP contribution in [0.5, 0.6) is 0 Å². The third-order valence-electron chi connectivity index (χ3n) is 1.21. The van der Waals surface area contributed by atoms with Crippen LogP contribution in [0.2, 0.25) is 0 Å². The second-order valence-corrected chi connectivity index (χ2v) is 3.81. The SMILES string of the molecule is CC(C)(C)OC(=O)OCCCCN. The quantitative estimate of drug-likeness (QED) is 0.540. The van der Waals surface area contributed by atoms with E-state index in [0.29, 0.717) is 13.2 Å². The molecule has 0 saturated carbocycles. The van der Waals surface area contributed by atoms with Crippen LogP contribution in [0.1, 0.15) is 33.6 Å². The van der Waals surface area contributed by atoms with Gasteiger partial charge in [0.15, 0.2) is 0 Å². The number of rotatable bonds is 4. The van der Waals surface area contributed by atoms with Crippen molar-refractivity contribution in [2.45, 2.75) is 39.2 Å². The van der Waals surface area contributed by atoms with Crippen molar-refractivity contribution in [1.29, 1.82) is 0 Å². The lowest BCUT2D eigenvalue weighted by Gasteiger charge is -2.18. The molecule has 0 spiro atoms. The van der Waals surface area contributed by atoms with Crippen LogP contribution in [0.3, 0.4) is 0 Å². The third kappa shape index (κ3) is 9.14. The first-order valence-electron chi connectivity index (χ1n) is 4.51. The summed E-state index contributed by atoms with van der Waals surface area (Å²) in [7, 11) is 0. The Morgan fingerprint density at radius 3 is 2.38 bits per heavy atom. The van der Waals surface area contributed by atoms with Crippen molar-refractivity contribution in [3.63, 3.8) is 0 Å². The van der Waals surface area contributed by atoms with Gasteiger partial charge in [0.1, 0.15) is 5.60 Å². The van der Waals surface area contributed by atoms with E-state index in [4.69, 9.17) is 15.2 Å². The van der Waals surface area contributed by atoms with Crippen LogP contribution >= 0.6 is 0 Å².